The molecule has 1 aliphatic rings. The van der Waals surface area contributed by atoms with Crippen LogP contribution in [0.3, 0.4) is 0 Å². The molecule has 1 saturated carbocycles. The van der Waals surface area contributed by atoms with Crippen molar-refractivity contribution in [3.8, 4) is 0 Å². The summed E-state index contributed by atoms with van der Waals surface area (Å²) >= 11 is 0. The van der Waals surface area contributed by atoms with Gasteiger partial charge in [-0.25, -0.2) is 0 Å². The number of allylic oxidation sites excluding steroid dienone is 1. The van der Waals surface area contributed by atoms with Gasteiger partial charge in [-0.3, -0.25) is 9.59 Å². The third-order valence-electron chi connectivity index (χ3n) is 3.94. The number of hydrogen-bond donors (Lipinski definition) is 0. The maximum Gasteiger partial charge on any atom is 0.309 e. The Morgan fingerprint density at radius 3 is 2.64 bits per heavy atom. The van der Waals surface area contributed by atoms with E-state index in [0.29, 0.717) is 13.0 Å². The highest BCUT2D eigenvalue weighted by Gasteiger charge is 2.47. The fourth-order valence-corrected chi connectivity index (χ4v) is 2.43. The van der Waals surface area contributed by atoms with Gasteiger partial charge >= 0.3 is 5.97 Å². The normalized spacial score (nSPS) is 20.9. The van der Waals surface area contributed by atoms with Crippen molar-refractivity contribution >= 4 is 17.8 Å². The van der Waals surface area contributed by atoms with E-state index in [4.69, 9.17) is 4.74 Å². The molecule has 1 aromatic carbocycles. The Morgan fingerprint density at radius 1 is 1.27 bits per heavy atom. The minimum absolute atomic E-state index is 0.0132. The van der Waals surface area contributed by atoms with Crippen LogP contribution in [0.4, 0.5) is 0 Å². The quantitative estimate of drug-likeness (QED) is 0.614. The molecule has 0 saturated heterocycles. The summed E-state index contributed by atoms with van der Waals surface area (Å²) in [6.45, 7) is 8.63. The molecule has 3 nitrogen and oxygen atoms in total. The van der Waals surface area contributed by atoms with Gasteiger partial charge in [0, 0.05) is 5.92 Å². The second-order valence-electron chi connectivity index (χ2n) is 6.81. The molecule has 0 amide bonds. The SMILES string of the molecule is CCOC(=O)[C@H]1C[C@@H]1C(=O)/C=C/c1cccc(C(C)(C)C)c1. The van der Waals surface area contributed by atoms with Gasteiger partial charge in [-0.1, -0.05) is 51.1 Å². The summed E-state index contributed by atoms with van der Waals surface area (Å²) in [5.74, 6) is -0.665. The molecule has 0 radical (unpaired) electrons. The van der Waals surface area contributed by atoms with Crippen molar-refractivity contribution in [3.63, 3.8) is 0 Å². The number of esters is 1. The van der Waals surface area contributed by atoms with Gasteiger partial charge in [-0.05, 0) is 36.0 Å². The maximum atomic E-state index is 12.1. The van der Waals surface area contributed by atoms with E-state index >= 15 is 0 Å². The van der Waals surface area contributed by atoms with Crippen molar-refractivity contribution < 1.29 is 14.3 Å². The zero-order valence-electron chi connectivity index (χ0n) is 13.8. The Hall–Kier alpha value is -1.90. The summed E-state index contributed by atoms with van der Waals surface area (Å²) in [7, 11) is 0. The van der Waals surface area contributed by atoms with Crippen molar-refractivity contribution in [1.82, 2.24) is 0 Å². The Kier molecular flexibility index (Phi) is 4.84. The Morgan fingerprint density at radius 2 is 2.00 bits per heavy atom. The molecular formula is C19H24O3. The summed E-state index contributed by atoms with van der Waals surface area (Å²) in [4.78, 5) is 23.6. The first-order valence-corrected chi connectivity index (χ1v) is 7.82. The lowest BCUT2D eigenvalue weighted by atomic mass is 9.86. The molecule has 0 spiro atoms. The zero-order chi connectivity index (χ0) is 16.3. The molecule has 1 fully saturated rings. The monoisotopic (exact) mass is 300 g/mol. The van der Waals surface area contributed by atoms with Crippen LogP contribution >= 0.6 is 0 Å². The smallest absolute Gasteiger partial charge is 0.309 e. The van der Waals surface area contributed by atoms with Crippen molar-refractivity contribution in [2.24, 2.45) is 11.8 Å². The molecule has 1 aliphatic carbocycles. The molecule has 0 aliphatic heterocycles. The van der Waals surface area contributed by atoms with Crippen LogP contribution in [0.25, 0.3) is 6.08 Å². The molecule has 0 aromatic heterocycles. The molecular weight excluding hydrogens is 276 g/mol. The van der Waals surface area contributed by atoms with Crippen molar-refractivity contribution in [3.05, 3.63) is 41.5 Å². The molecule has 2 atom stereocenters. The van der Waals surface area contributed by atoms with E-state index < -0.39 is 0 Å². The van der Waals surface area contributed by atoms with Crippen LogP contribution in [0.15, 0.2) is 30.3 Å². The van der Waals surface area contributed by atoms with E-state index in [1.807, 2.05) is 18.2 Å². The van der Waals surface area contributed by atoms with Crippen LogP contribution < -0.4 is 0 Å². The molecule has 118 valence electrons. The van der Waals surface area contributed by atoms with Gasteiger partial charge in [0.05, 0.1) is 12.5 Å². The lowest BCUT2D eigenvalue weighted by Gasteiger charge is -2.19. The largest absolute Gasteiger partial charge is 0.466 e. The highest BCUT2D eigenvalue weighted by molar-refractivity contribution is 6.00. The van der Waals surface area contributed by atoms with Crippen LogP contribution in [0.5, 0.6) is 0 Å². The van der Waals surface area contributed by atoms with Crippen LogP contribution in [0.1, 0.15) is 45.2 Å². The van der Waals surface area contributed by atoms with Gasteiger partial charge in [0.2, 0.25) is 0 Å². The Balaban J connectivity index is 1.98. The fraction of sp³-hybridized carbons (Fsp3) is 0.474. The van der Waals surface area contributed by atoms with Gasteiger partial charge in [-0.2, -0.15) is 0 Å². The van der Waals surface area contributed by atoms with E-state index in [1.165, 1.54) is 5.56 Å². The summed E-state index contributed by atoms with van der Waals surface area (Å²) in [5.41, 5.74) is 2.33. The molecule has 0 heterocycles. The summed E-state index contributed by atoms with van der Waals surface area (Å²) < 4.78 is 4.95. The third kappa shape index (κ3) is 4.06. The van der Waals surface area contributed by atoms with Gasteiger partial charge in [0.15, 0.2) is 5.78 Å². The van der Waals surface area contributed by atoms with Gasteiger partial charge in [-0.15, -0.1) is 0 Å². The average Bonchev–Trinajstić information content (AvgIpc) is 3.25. The van der Waals surface area contributed by atoms with E-state index in [1.54, 1.807) is 13.0 Å². The molecule has 0 unspecified atom stereocenters. The number of rotatable bonds is 5. The average molecular weight is 300 g/mol. The second kappa shape index (κ2) is 6.47. The number of carbonyl (C=O) groups excluding carboxylic acids is 2. The number of hydrogen-bond acceptors (Lipinski definition) is 3. The molecule has 0 N–H and O–H groups in total. The van der Waals surface area contributed by atoms with Gasteiger partial charge in [0.1, 0.15) is 0 Å². The number of carbonyl (C=O) groups is 2. The first-order valence-electron chi connectivity index (χ1n) is 7.82. The van der Waals surface area contributed by atoms with Crippen LogP contribution in [0, 0.1) is 11.8 Å². The number of benzene rings is 1. The molecule has 3 heteroatoms. The van der Waals surface area contributed by atoms with Crippen LogP contribution in [-0.2, 0) is 19.7 Å². The zero-order valence-corrected chi connectivity index (χ0v) is 13.8. The fourth-order valence-electron chi connectivity index (χ4n) is 2.43. The van der Waals surface area contributed by atoms with E-state index in [0.717, 1.165) is 5.56 Å². The van der Waals surface area contributed by atoms with E-state index in [9.17, 15) is 9.59 Å². The Labute approximate surface area is 132 Å². The molecule has 2 rings (SSSR count). The standard InChI is InChI=1S/C19H24O3/c1-5-22-18(21)16-12-15(16)17(20)10-9-13-7-6-8-14(11-13)19(2,3)4/h6-11,15-16H,5,12H2,1-4H3/b10-9+/t15-,16-/m0/s1. The molecule has 22 heavy (non-hydrogen) atoms. The summed E-state index contributed by atoms with van der Waals surface area (Å²) in [6, 6.07) is 8.17. The maximum absolute atomic E-state index is 12.1. The van der Waals surface area contributed by atoms with Crippen molar-refractivity contribution in [2.45, 2.75) is 39.5 Å². The second-order valence-corrected chi connectivity index (χ2v) is 6.81. The molecule has 1 aromatic rings. The van der Waals surface area contributed by atoms with Crippen LogP contribution in [0.2, 0.25) is 0 Å². The lowest BCUT2D eigenvalue weighted by Crippen LogP contribution is -2.11. The van der Waals surface area contributed by atoms with Gasteiger partial charge in [0.25, 0.3) is 0 Å². The summed E-state index contributed by atoms with van der Waals surface area (Å²) in [5, 5.41) is 0. The number of ether oxygens (including phenoxy) is 1. The van der Waals surface area contributed by atoms with Crippen molar-refractivity contribution in [2.75, 3.05) is 6.61 Å². The first-order chi connectivity index (χ1) is 10.3. The third-order valence-corrected chi connectivity index (χ3v) is 3.94. The predicted molar refractivity (Wildman–Crippen MR) is 87.4 cm³/mol. The predicted octanol–water partition coefficient (Wildman–Crippen LogP) is 3.77. The Bertz CT molecular complexity index is 593. The summed E-state index contributed by atoms with van der Waals surface area (Å²) in [6.07, 6.45) is 4.04. The molecule has 0 bridgehead atoms. The lowest BCUT2D eigenvalue weighted by molar-refractivity contribution is -0.145. The van der Waals surface area contributed by atoms with Gasteiger partial charge < -0.3 is 4.74 Å². The number of ketones is 1. The topological polar surface area (TPSA) is 43.4 Å². The minimum Gasteiger partial charge on any atom is -0.466 e. The van der Waals surface area contributed by atoms with Crippen LogP contribution in [-0.4, -0.2) is 18.4 Å². The minimum atomic E-state index is -0.246. The van der Waals surface area contributed by atoms with Crippen molar-refractivity contribution in [1.29, 1.82) is 0 Å². The highest BCUT2D eigenvalue weighted by Crippen LogP contribution is 2.40. The van der Waals surface area contributed by atoms with E-state index in [-0.39, 0.29) is 29.0 Å². The first kappa shape index (κ1) is 16.5. The highest BCUT2D eigenvalue weighted by atomic mass is 16.5. The van der Waals surface area contributed by atoms with E-state index in [2.05, 4.69) is 32.9 Å².